The Labute approximate surface area is 103 Å². The minimum atomic E-state index is -4.27. The number of alkyl halides is 3. The van der Waals surface area contributed by atoms with Crippen LogP contribution in [0.15, 0.2) is 18.5 Å². The van der Waals surface area contributed by atoms with Gasteiger partial charge >= 0.3 is 6.18 Å². The van der Waals surface area contributed by atoms with Gasteiger partial charge in [-0.1, -0.05) is 0 Å². The summed E-state index contributed by atoms with van der Waals surface area (Å²) in [5.74, 6) is 0.349. The van der Waals surface area contributed by atoms with Crippen molar-refractivity contribution >= 4 is 0 Å². The molecule has 1 aliphatic rings. The van der Waals surface area contributed by atoms with Crippen LogP contribution in [0.4, 0.5) is 13.2 Å². The Bertz CT molecular complexity index is 385. The lowest BCUT2D eigenvalue weighted by molar-refractivity contribution is -0.174. The summed E-state index contributed by atoms with van der Waals surface area (Å²) >= 11 is 0. The molecule has 0 spiro atoms. The third-order valence-corrected chi connectivity index (χ3v) is 2.94. The zero-order valence-electron chi connectivity index (χ0n) is 9.86. The average molecular weight is 263 g/mol. The Balaban J connectivity index is 1.73. The van der Waals surface area contributed by atoms with E-state index in [1.54, 1.807) is 23.0 Å². The lowest BCUT2D eigenvalue weighted by Crippen LogP contribution is -2.18. The van der Waals surface area contributed by atoms with Crippen molar-refractivity contribution in [3.8, 4) is 0 Å². The molecular weight excluding hydrogens is 247 g/mol. The lowest BCUT2D eigenvalue weighted by atomic mass is 10.1. The molecule has 0 saturated heterocycles. The molecule has 1 aromatic heterocycles. The van der Waals surface area contributed by atoms with Gasteiger partial charge in [-0.05, 0) is 30.4 Å². The van der Waals surface area contributed by atoms with Gasteiger partial charge in [0.05, 0.1) is 12.7 Å². The molecule has 18 heavy (non-hydrogen) atoms. The van der Waals surface area contributed by atoms with Crippen LogP contribution in [-0.2, 0) is 11.3 Å². The molecule has 6 heteroatoms. The Morgan fingerprint density at radius 3 is 2.78 bits per heavy atom. The van der Waals surface area contributed by atoms with E-state index in [0.717, 1.165) is 18.4 Å². The van der Waals surface area contributed by atoms with Crippen LogP contribution in [0.1, 0.15) is 24.5 Å². The van der Waals surface area contributed by atoms with Crippen LogP contribution < -0.4 is 0 Å². The van der Waals surface area contributed by atoms with Gasteiger partial charge in [-0.2, -0.15) is 13.2 Å². The third-order valence-electron chi connectivity index (χ3n) is 2.94. The predicted octanol–water partition coefficient (Wildman–Crippen LogP) is 2.51. The Hall–Kier alpha value is -1.01. The topological polar surface area (TPSA) is 34.4 Å². The summed E-state index contributed by atoms with van der Waals surface area (Å²) in [7, 11) is 0. The van der Waals surface area contributed by atoms with Crippen molar-refractivity contribution in [1.29, 1.82) is 0 Å². The van der Waals surface area contributed by atoms with Gasteiger partial charge in [-0.25, -0.2) is 0 Å². The summed E-state index contributed by atoms with van der Waals surface area (Å²) in [5, 5.41) is 9.86. The molecule has 1 fully saturated rings. The van der Waals surface area contributed by atoms with E-state index in [2.05, 4.69) is 4.74 Å². The van der Waals surface area contributed by atoms with E-state index in [-0.39, 0.29) is 6.61 Å². The Kier molecular flexibility index (Phi) is 3.97. The normalized spacial score (nSPS) is 18.0. The molecule has 1 saturated carbocycles. The van der Waals surface area contributed by atoms with Crippen molar-refractivity contribution in [3.05, 3.63) is 24.0 Å². The van der Waals surface area contributed by atoms with Gasteiger partial charge in [-0.15, -0.1) is 0 Å². The summed E-state index contributed by atoms with van der Waals surface area (Å²) in [6.07, 6.45) is 0.881. The van der Waals surface area contributed by atoms with E-state index < -0.39 is 18.9 Å². The van der Waals surface area contributed by atoms with Crippen LogP contribution >= 0.6 is 0 Å². The molecule has 102 valence electrons. The fraction of sp³-hybridized carbons (Fsp3) is 0.667. The highest BCUT2D eigenvalue weighted by molar-refractivity contribution is 5.16. The number of halogens is 3. The van der Waals surface area contributed by atoms with Crippen molar-refractivity contribution < 1.29 is 23.0 Å². The second-order valence-electron chi connectivity index (χ2n) is 4.63. The van der Waals surface area contributed by atoms with Crippen LogP contribution in [0.3, 0.4) is 0 Å². The molecule has 0 bridgehead atoms. The van der Waals surface area contributed by atoms with Gasteiger partial charge in [0, 0.05) is 18.9 Å². The summed E-state index contributed by atoms with van der Waals surface area (Å²) in [5.41, 5.74) is 0.827. The van der Waals surface area contributed by atoms with Crippen molar-refractivity contribution in [1.82, 2.24) is 4.57 Å². The molecule has 0 aliphatic heterocycles. The minimum absolute atomic E-state index is 0.00710. The molecule has 1 aromatic rings. The van der Waals surface area contributed by atoms with Gasteiger partial charge < -0.3 is 14.4 Å². The van der Waals surface area contributed by atoms with E-state index in [4.69, 9.17) is 0 Å². The first kappa shape index (κ1) is 13.4. The lowest BCUT2D eigenvalue weighted by Gasteiger charge is -2.08. The minimum Gasteiger partial charge on any atom is -0.388 e. The summed E-state index contributed by atoms with van der Waals surface area (Å²) < 4.78 is 41.7. The zero-order chi connectivity index (χ0) is 13.2. The first-order valence-corrected chi connectivity index (χ1v) is 5.94. The van der Waals surface area contributed by atoms with Gasteiger partial charge in [0.25, 0.3) is 0 Å². The fourth-order valence-electron chi connectivity index (χ4n) is 1.82. The van der Waals surface area contributed by atoms with Crippen LogP contribution in [-0.4, -0.2) is 29.1 Å². The number of hydrogen-bond acceptors (Lipinski definition) is 2. The van der Waals surface area contributed by atoms with Gasteiger partial charge in [0.1, 0.15) is 6.61 Å². The molecule has 1 unspecified atom stereocenters. The zero-order valence-corrected chi connectivity index (χ0v) is 9.86. The summed E-state index contributed by atoms with van der Waals surface area (Å²) in [6, 6.07) is 1.80. The highest BCUT2D eigenvalue weighted by atomic mass is 19.4. The fourth-order valence-corrected chi connectivity index (χ4v) is 1.82. The number of aliphatic hydroxyl groups excluding tert-OH is 1. The molecule has 1 N–H and O–H groups in total. The van der Waals surface area contributed by atoms with Crippen LogP contribution in [0.2, 0.25) is 0 Å². The summed E-state index contributed by atoms with van der Waals surface area (Å²) in [4.78, 5) is 0. The number of hydrogen-bond donors (Lipinski definition) is 1. The van der Waals surface area contributed by atoms with Gasteiger partial charge in [0.15, 0.2) is 0 Å². The monoisotopic (exact) mass is 263 g/mol. The number of ether oxygens (including phenoxy) is 1. The highest BCUT2D eigenvalue weighted by Crippen LogP contribution is 2.40. The van der Waals surface area contributed by atoms with Crippen LogP contribution in [0.25, 0.3) is 0 Å². The molecule has 1 aliphatic carbocycles. The molecule has 2 rings (SSSR count). The predicted molar refractivity (Wildman–Crippen MR) is 59.0 cm³/mol. The van der Waals surface area contributed by atoms with Crippen molar-refractivity contribution in [2.45, 2.75) is 31.7 Å². The maximum atomic E-state index is 11.8. The second kappa shape index (κ2) is 5.32. The quantitative estimate of drug-likeness (QED) is 0.800. The molecular formula is C12H16F3NO2. The van der Waals surface area contributed by atoms with Crippen LogP contribution in [0.5, 0.6) is 0 Å². The molecule has 0 aromatic carbocycles. The smallest absolute Gasteiger partial charge is 0.388 e. The number of rotatable bonds is 6. The Morgan fingerprint density at radius 1 is 1.44 bits per heavy atom. The highest BCUT2D eigenvalue weighted by Gasteiger charge is 2.31. The van der Waals surface area contributed by atoms with E-state index in [9.17, 15) is 18.3 Å². The summed E-state index contributed by atoms with van der Waals surface area (Å²) in [6.45, 7) is -0.855. The third kappa shape index (κ3) is 4.03. The van der Waals surface area contributed by atoms with E-state index in [1.165, 1.54) is 0 Å². The Morgan fingerprint density at radius 2 is 2.17 bits per heavy atom. The SMILES string of the molecule is OC(c1ccn(CCOCC(F)(F)F)c1)C1CC1. The van der Waals surface area contributed by atoms with Crippen molar-refractivity contribution in [2.75, 3.05) is 13.2 Å². The molecule has 1 atom stereocenters. The van der Waals surface area contributed by atoms with Gasteiger partial charge in [0.2, 0.25) is 0 Å². The van der Waals surface area contributed by atoms with Crippen molar-refractivity contribution in [2.24, 2.45) is 5.92 Å². The van der Waals surface area contributed by atoms with Gasteiger partial charge in [-0.3, -0.25) is 0 Å². The van der Waals surface area contributed by atoms with Crippen molar-refractivity contribution in [3.63, 3.8) is 0 Å². The largest absolute Gasteiger partial charge is 0.411 e. The first-order chi connectivity index (χ1) is 8.46. The number of nitrogens with zero attached hydrogens (tertiary/aromatic N) is 1. The number of aliphatic hydroxyl groups is 1. The van der Waals surface area contributed by atoms with E-state index in [0.29, 0.717) is 12.5 Å². The molecule has 3 nitrogen and oxygen atoms in total. The molecule has 0 amide bonds. The molecule has 1 heterocycles. The number of aromatic nitrogens is 1. The average Bonchev–Trinajstić information content (AvgIpc) is 3.02. The maximum absolute atomic E-state index is 11.8. The standard InChI is InChI=1S/C12H16F3NO2/c13-12(14,15)8-18-6-5-16-4-3-10(7-16)11(17)9-1-2-9/h3-4,7,9,11,17H,1-2,5-6,8H2. The molecule has 0 radical (unpaired) electrons. The first-order valence-electron chi connectivity index (χ1n) is 5.94. The van der Waals surface area contributed by atoms with E-state index >= 15 is 0 Å². The van der Waals surface area contributed by atoms with E-state index in [1.807, 2.05) is 0 Å². The maximum Gasteiger partial charge on any atom is 0.411 e. The second-order valence-corrected chi connectivity index (χ2v) is 4.63. The van der Waals surface area contributed by atoms with Crippen LogP contribution in [0, 0.1) is 5.92 Å².